The molecule has 0 N–H and O–H groups in total. The summed E-state index contributed by atoms with van der Waals surface area (Å²) in [7, 11) is 0. The van der Waals surface area contributed by atoms with Crippen LogP contribution in [0.25, 0.3) is 0 Å². The van der Waals surface area contributed by atoms with Crippen molar-refractivity contribution in [3.05, 3.63) is 23.6 Å². The Bertz CT molecular complexity index is 472. The molecule has 0 aromatic carbocycles. The molecule has 3 rings (SSSR count). The molecule has 0 bridgehead atoms. The van der Waals surface area contributed by atoms with E-state index < -0.39 is 17.6 Å². The van der Waals surface area contributed by atoms with Crippen LogP contribution in [-0.4, -0.2) is 17.6 Å². The van der Waals surface area contributed by atoms with Crippen molar-refractivity contribution in [2.75, 3.05) is 11.4 Å². The molecule has 1 aromatic rings. The minimum absolute atomic E-state index is 0.0201. The predicted octanol–water partition coefficient (Wildman–Crippen LogP) is 3.66. The molecular formula is C14H17F3N2. The van der Waals surface area contributed by atoms with E-state index in [0.29, 0.717) is 18.5 Å². The summed E-state index contributed by atoms with van der Waals surface area (Å²) in [5.41, 5.74) is 0. The van der Waals surface area contributed by atoms with Crippen molar-refractivity contribution in [2.45, 2.75) is 44.6 Å². The fourth-order valence-electron chi connectivity index (χ4n) is 3.52. The lowest BCUT2D eigenvalue weighted by Gasteiger charge is -2.30. The van der Waals surface area contributed by atoms with Crippen molar-refractivity contribution in [1.82, 2.24) is 4.98 Å². The SMILES string of the molecule is Fc1cc(F)c(N2CCCC2C2CCCC2)nc1F. The minimum Gasteiger partial charge on any atom is -0.351 e. The van der Waals surface area contributed by atoms with Gasteiger partial charge in [-0.3, -0.25) is 0 Å². The molecule has 1 aliphatic heterocycles. The molecule has 1 atom stereocenters. The summed E-state index contributed by atoms with van der Waals surface area (Å²) in [4.78, 5) is 5.33. The molecule has 0 radical (unpaired) electrons. The van der Waals surface area contributed by atoms with Gasteiger partial charge >= 0.3 is 0 Å². The maximum atomic E-state index is 13.8. The summed E-state index contributed by atoms with van der Waals surface area (Å²) in [5, 5.41) is 0. The fraction of sp³-hybridized carbons (Fsp3) is 0.643. The summed E-state index contributed by atoms with van der Waals surface area (Å²) < 4.78 is 40.0. The van der Waals surface area contributed by atoms with Crippen LogP contribution in [0.5, 0.6) is 0 Å². The van der Waals surface area contributed by atoms with E-state index in [2.05, 4.69) is 4.98 Å². The van der Waals surface area contributed by atoms with Crippen LogP contribution >= 0.6 is 0 Å². The zero-order valence-corrected chi connectivity index (χ0v) is 10.7. The number of anilines is 1. The summed E-state index contributed by atoms with van der Waals surface area (Å²) in [6.07, 6.45) is 6.66. The van der Waals surface area contributed by atoms with E-state index in [-0.39, 0.29) is 11.9 Å². The lowest BCUT2D eigenvalue weighted by molar-refractivity contribution is 0.418. The molecule has 5 heteroatoms. The molecule has 2 aliphatic rings. The van der Waals surface area contributed by atoms with E-state index in [1.807, 2.05) is 4.90 Å². The Morgan fingerprint density at radius 3 is 2.47 bits per heavy atom. The fourth-order valence-corrected chi connectivity index (χ4v) is 3.52. The van der Waals surface area contributed by atoms with Crippen molar-refractivity contribution in [2.24, 2.45) is 5.92 Å². The van der Waals surface area contributed by atoms with Gasteiger partial charge in [-0.25, -0.2) is 8.78 Å². The van der Waals surface area contributed by atoms with Crippen LogP contribution in [0, 0.1) is 23.5 Å². The van der Waals surface area contributed by atoms with E-state index in [4.69, 9.17) is 0 Å². The van der Waals surface area contributed by atoms with Crippen LogP contribution in [0.2, 0.25) is 0 Å². The number of hydrogen-bond donors (Lipinski definition) is 0. The van der Waals surface area contributed by atoms with Gasteiger partial charge < -0.3 is 4.90 Å². The van der Waals surface area contributed by atoms with Crippen molar-refractivity contribution in [3.8, 4) is 0 Å². The Labute approximate surface area is 110 Å². The second-order valence-corrected chi connectivity index (χ2v) is 5.51. The van der Waals surface area contributed by atoms with Gasteiger partial charge in [0.05, 0.1) is 0 Å². The number of halogens is 3. The van der Waals surface area contributed by atoms with Gasteiger partial charge in [0.25, 0.3) is 5.95 Å². The van der Waals surface area contributed by atoms with E-state index in [1.165, 1.54) is 12.8 Å². The van der Waals surface area contributed by atoms with E-state index >= 15 is 0 Å². The van der Waals surface area contributed by atoms with Gasteiger partial charge in [0, 0.05) is 18.7 Å². The second-order valence-electron chi connectivity index (χ2n) is 5.51. The second kappa shape index (κ2) is 5.02. The topological polar surface area (TPSA) is 16.1 Å². The number of hydrogen-bond acceptors (Lipinski definition) is 2. The maximum absolute atomic E-state index is 13.8. The Kier molecular flexibility index (Phi) is 3.37. The third kappa shape index (κ3) is 2.30. The van der Waals surface area contributed by atoms with Crippen LogP contribution < -0.4 is 4.90 Å². The van der Waals surface area contributed by atoms with Gasteiger partial charge in [-0.05, 0) is 31.6 Å². The lowest BCUT2D eigenvalue weighted by Crippen LogP contribution is -2.36. The normalized spacial score (nSPS) is 24.4. The zero-order chi connectivity index (χ0) is 13.4. The summed E-state index contributed by atoms with van der Waals surface area (Å²) in [5.74, 6) is -2.68. The van der Waals surface area contributed by atoms with Crippen molar-refractivity contribution >= 4 is 5.82 Å². The summed E-state index contributed by atoms with van der Waals surface area (Å²) in [6, 6.07) is 0.830. The number of pyridine rings is 1. The average molecular weight is 270 g/mol. The highest BCUT2D eigenvalue weighted by atomic mass is 19.2. The van der Waals surface area contributed by atoms with Gasteiger partial charge in [0.1, 0.15) is 0 Å². The van der Waals surface area contributed by atoms with Crippen LogP contribution in [-0.2, 0) is 0 Å². The van der Waals surface area contributed by atoms with E-state index in [0.717, 1.165) is 25.7 Å². The van der Waals surface area contributed by atoms with Crippen molar-refractivity contribution in [1.29, 1.82) is 0 Å². The van der Waals surface area contributed by atoms with E-state index in [9.17, 15) is 13.2 Å². The molecule has 2 fully saturated rings. The highest BCUT2D eigenvalue weighted by molar-refractivity contribution is 5.43. The highest BCUT2D eigenvalue weighted by Crippen LogP contribution is 2.38. The molecule has 1 aromatic heterocycles. The molecule has 1 saturated carbocycles. The van der Waals surface area contributed by atoms with Gasteiger partial charge in [-0.1, -0.05) is 12.8 Å². The highest BCUT2D eigenvalue weighted by Gasteiger charge is 2.35. The smallest absolute Gasteiger partial charge is 0.251 e. The number of rotatable bonds is 2. The van der Waals surface area contributed by atoms with Crippen LogP contribution in [0.3, 0.4) is 0 Å². The first-order chi connectivity index (χ1) is 9.16. The van der Waals surface area contributed by atoms with Crippen LogP contribution in [0.1, 0.15) is 38.5 Å². The third-order valence-electron chi connectivity index (χ3n) is 4.38. The number of aromatic nitrogens is 1. The molecule has 0 spiro atoms. The standard InChI is InChI=1S/C14H17F3N2/c15-10-8-11(16)14(18-13(10)17)19-7-3-6-12(19)9-4-1-2-5-9/h8-9,12H,1-7H2. The van der Waals surface area contributed by atoms with Crippen molar-refractivity contribution < 1.29 is 13.2 Å². The predicted molar refractivity (Wildman–Crippen MR) is 66.4 cm³/mol. The van der Waals surface area contributed by atoms with Gasteiger partial charge in [0.2, 0.25) is 0 Å². The lowest BCUT2D eigenvalue weighted by atomic mass is 9.96. The largest absolute Gasteiger partial charge is 0.351 e. The minimum atomic E-state index is -1.22. The summed E-state index contributed by atoms with van der Waals surface area (Å²) in [6.45, 7) is 0.677. The zero-order valence-electron chi connectivity index (χ0n) is 10.7. The third-order valence-corrected chi connectivity index (χ3v) is 4.38. The van der Waals surface area contributed by atoms with Crippen molar-refractivity contribution in [3.63, 3.8) is 0 Å². The van der Waals surface area contributed by atoms with Gasteiger partial charge in [-0.2, -0.15) is 9.37 Å². The molecular weight excluding hydrogens is 253 g/mol. The monoisotopic (exact) mass is 270 g/mol. The molecule has 104 valence electrons. The molecule has 2 heterocycles. The first-order valence-electron chi connectivity index (χ1n) is 6.95. The first-order valence-corrected chi connectivity index (χ1v) is 6.95. The average Bonchev–Trinajstić information content (AvgIpc) is 3.03. The van der Waals surface area contributed by atoms with Gasteiger partial charge in [0.15, 0.2) is 17.5 Å². The Balaban J connectivity index is 1.89. The Morgan fingerprint density at radius 2 is 1.74 bits per heavy atom. The maximum Gasteiger partial charge on any atom is 0.251 e. The molecule has 1 aliphatic carbocycles. The number of nitrogens with zero attached hydrogens (tertiary/aromatic N) is 2. The molecule has 1 saturated heterocycles. The molecule has 1 unspecified atom stereocenters. The van der Waals surface area contributed by atoms with Crippen LogP contribution in [0.15, 0.2) is 6.07 Å². The quantitative estimate of drug-likeness (QED) is 0.762. The first kappa shape index (κ1) is 12.8. The Morgan fingerprint density at radius 1 is 1.00 bits per heavy atom. The molecule has 0 amide bonds. The molecule has 2 nitrogen and oxygen atoms in total. The van der Waals surface area contributed by atoms with E-state index in [1.54, 1.807) is 0 Å². The van der Waals surface area contributed by atoms with Crippen LogP contribution in [0.4, 0.5) is 19.0 Å². The summed E-state index contributed by atoms with van der Waals surface area (Å²) >= 11 is 0. The molecule has 19 heavy (non-hydrogen) atoms. The Hall–Kier alpha value is -1.26. The van der Waals surface area contributed by atoms with Gasteiger partial charge in [-0.15, -0.1) is 0 Å².